The van der Waals surface area contributed by atoms with Crippen LogP contribution in [0.2, 0.25) is 0 Å². The van der Waals surface area contributed by atoms with Crippen molar-refractivity contribution in [1.29, 1.82) is 0 Å². The van der Waals surface area contributed by atoms with E-state index in [0.29, 0.717) is 4.47 Å². The van der Waals surface area contributed by atoms with Gasteiger partial charge in [-0.25, -0.2) is 8.78 Å². The number of nitrogens with two attached hydrogens (primary N) is 1. The van der Waals surface area contributed by atoms with Crippen molar-refractivity contribution in [3.05, 3.63) is 52.5 Å². The van der Waals surface area contributed by atoms with E-state index in [9.17, 15) is 8.78 Å². The van der Waals surface area contributed by atoms with Crippen molar-refractivity contribution in [2.75, 3.05) is 5.73 Å². The predicted octanol–water partition coefficient (Wildman–Crippen LogP) is 4.10. The van der Waals surface area contributed by atoms with Gasteiger partial charge in [0.2, 0.25) is 0 Å². The summed E-state index contributed by atoms with van der Waals surface area (Å²) in [6, 6.07) is 7.78. The van der Waals surface area contributed by atoms with Crippen LogP contribution in [0.1, 0.15) is 0 Å². The van der Waals surface area contributed by atoms with E-state index in [2.05, 4.69) is 15.9 Å². The zero-order valence-corrected chi connectivity index (χ0v) is 10.2. The summed E-state index contributed by atoms with van der Waals surface area (Å²) in [6.45, 7) is 0. The van der Waals surface area contributed by atoms with Gasteiger partial charge in [-0.1, -0.05) is 0 Å². The molecule has 2 aromatic carbocycles. The van der Waals surface area contributed by atoms with Crippen LogP contribution in [0.4, 0.5) is 14.5 Å². The fourth-order valence-corrected chi connectivity index (χ4v) is 1.61. The Hall–Kier alpha value is -1.62. The summed E-state index contributed by atoms with van der Waals surface area (Å²) in [5.41, 5.74) is 5.74. The highest BCUT2D eigenvalue weighted by Crippen LogP contribution is 2.33. The summed E-state index contributed by atoms with van der Waals surface area (Å²) in [5, 5.41) is 0. The van der Waals surface area contributed by atoms with E-state index in [1.807, 2.05) is 0 Å². The SMILES string of the molecule is Nc1cc(F)ccc1Oc1cc(F)ccc1Br. The third-order valence-corrected chi connectivity index (χ3v) is 2.74. The van der Waals surface area contributed by atoms with Gasteiger partial charge < -0.3 is 10.5 Å². The van der Waals surface area contributed by atoms with Crippen LogP contribution in [0, 0.1) is 11.6 Å². The Kier molecular flexibility index (Phi) is 3.28. The first kappa shape index (κ1) is 11.9. The van der Waals surface area contributed by atoms with Crippen molar-refractivity contribution < 1.29 is 13.5 Å². The Morgan fingerprint density at radius 1 is 0.941 bits per heavy atom. The quantitative estimate of drug-likeness (QED) is 0.847. The smallest absolute Gasteiger partial charge is 0.150 e. The molecule has 17 heavy (non-hydrogen) atoms. The fourth-order valence-electron chi connectivity index (χ4n) is 1.29. The molecule has 5 heteroatoms. The lowest BCUT2D eigenvalue weighted by Crippen LogP contribution is -1.94. The highest BCUT2D eigenvalue weighted by atomic mass is 79.9. The van der Waals surface area contributed by atoms with Crippen molar-refractivity contribution >= 4 is 21.6 Å². The largest absolute Gasteiger partial charge is 0.454 e. The number of rotatable bonds is 2. The molecular formula is C12H8BrF2NO. The molecule has 88 valence electrons. The molecule has 0 unspecified atom stereocenters. The minimum atomic E-state index is -0.451. The van der Waals surface area contributed by atoms with E-state index in [-0.39, 0.29) is 17.2 Å². The lowest BCUT2D eigenvalue weighted by Gasteiger charge is -2.09. The average Bonchev–Trinajstić information content (AvgIpc) is 2.27. The third-order valence-electron chi connectivity index (χ3n) is 2.08. The van der Waals surface area contributed by atoms with Crippen LogP contribution in [0.5, 0.6) is 11.5 Å². The van der Waals surface area contributed by atoms with Gasteiger partial charge in [0.25, 0.3) is 0 Å². The minimum absolute atomic E-state index is 0.154. The van der Waals surface area contributed by atoms with Crippen LogP contribution in [-0.2, 0) is 0 Å². The number of benzene rings is 2. The van der Waals surface area contributed by atoms with Crippen molar-refractivity contribution in [2.24, 2.45) is 0 Å². The highest BCUT2D eigenvalue weighted by molar-refractivity contribution is 9.10. The second-order valence-corrected chi connectivity index (χ2v) is 4.21. The van der Waals surface area contributed by atoms with E-state index < -0.39 is 11.6 Å². The lowest BCUT2D eigenvalue weighted by atomic mass is 10.3. The lowest BCUT2D eigenvalue weighted by molar-refractivity contribution is 0.474. The van der Waals surface area contributed by atoms with Gasteiger partial charge in [-0.05, 0) is 40.2 Å². The van der Waals surface area contributed by atoms with Crippen LogP contribution in [0.3, 0.4) is 0 Å². The Morgan fingerprint density at radius 2 is 1.59 bits per heavy atom. The number of nitrogen functional groups attached to an aromatic ring is 1. The van der Waals surface area contributed by atoms with Gasteiger partial charge in [0.05, 0.1) is 10.2 Å². The number of ether oxygens (including phenoxy) is 1. The van der Waals surface area contributed by atoms with Crippen LogP contribution >= 0.6 is 15.9 Å². The molecule has 2 aromatic rings. The Labute approximate surface area is 105 Å². The summed E-state index contributed by atoms with van der Waals surface area (Å²) >= 11 is 3.22. The molecule has 2 N–H and O–H groups in total. The number of hydrogen-bond acceptors (Lipinski definition) is 2. The fraction of sp³-hybridized carbons (Fsp3) is 0. The molecule has 0 saturated carbocycles. The van der Waals surface area contributed by atoms with Crippen LogP contribution in [-0.4, -0.2) is 0 Å². The molecule has 2 nitrogen and oxygen atoms in total. The minimum Gasteiger partial charge on any atom is -0.454 e. The second kappa shape index (κ2) is 4.71. The zero-order valence-electron chi connectivity index (χ0n) is 8.58. The molecule has 0 spiro atoms. The molecule has 0 amide bonds. The van der Waals surface area contributed by atoms with Crippen molar-refractivity contribution in [3.63, 3.8) is 0 Å². The first-order valence-corrected chi connectivity index (χ1v) is 5.53. The summed E-state index contributed by atoms with van der Waals surface area (Å²) < 4.78 is 31.8. The maximum absolute atomic E-state index is 13.0. The van der Waals surface area contributed by atoms with Crippen molar-refractivity contribution in [1.82, 2.24) is 0 Å². The maximum Gasteiger partial charge on any atom is 0.150 e. The Morgan fingerprint density at radius 3 is 2.29 bits per heavy atom. The molecule has 0 aliphatic carbocycles. The molecule has 0 fully saturated rings. The topological polar surface area (TPSA) is 35.2 Å². The van der Waals surface area contributed by atoms with E-state index in [0.717, 1.165) is 6.07 Å². The maximum atomic E-state index is 13.0. The van der Waals surface area contributed by atoms with Gasteiger partial charge in [-0.15, -0.1) is 0 Å². The molecule has 0 radical (unpaired) electrons. The summed E-state index contributed by atoms with van der Waals surface area (Å²) in [6.07, 6.45) is 0. The van der Waals surface area contributed by atoms with E-state index in [1.165, 1.54) is 30.3 Å². The predicted molar refractivity (Wildman–Crippen MR) is 65.0 cm³/mol. The third kappa shape index (κ3) is 2.74. The van der Waals surface area contributed by atoms with Gasteiger partial charge in [0.1, 0.15) is 17.4 Å². The van der Waals surface area contributed by atoms with E-state index >= 15 is 0 Å². The molecule has 0 atom stereocenters. The molecule has 0 aliphatic rings. The number of hydrogen-bond donors (Lipinski definition) is 1. The zero-order chi connectivity index (χ0) is 12.4. The summed E-state index contributed by atoms with van der Waals surface area (Å²) in [5.74, 6) is -0.321. The Balaban J connectivity index is 2.34. The molecule has 2 rings (SSSR count). The molecule has 0 aromatic heterocycles. The first-order valence-electron chi connectivity index (χ1n) is 4.74. The molecule has 0 saturated heterocycles. The summed E-state index contributed by atoms with van der Waals surface area (Å²) in [4.78, 5) is 0. The van der Waals surface area contributed by atoms with E-state index in [1.54, 1.807) is 0 Å². The normalized spacial score (nSPS) is 10.3. The standard InChI is InChI=1S/C12H8BrF2NO/c13-9-3-1-8(15)6-12(9)17-11-4-2-7(14)5-10(11)16/h1-6H,16H2. The first-order chi connectivity index (χ1) is 8.06. The van der Waals surface area contributed by atoms with Gasteiger partial charge in [-0.2, -0.15) is 0 Å². The van der Waals surface area contributed by atoms with Gasteiger partial charge >= 0.3 is 0 Å². The van der Waals surface area contributed by atoms with Crippen molar-refractivity contribution in [2.45, 2.75) is 0 Å². The molecule has 0 aliphatic heterocycles. The van der Waals surface area contributed by atoms with Crippen LogP contribution in [0.15, 0.2) is 40.9 Å². The van der Waals surface area contributed by atoms with Gasteiger partial charge in [-0.3, -0.25) is 0 Å². The van der Waals surface area contributed by atoms with Crippen LogP contribution in [0.25, 0.3) is 0 Å². The molecule has 0 heterocycles. The average molecular weight is 300 g/mol. The molecule has 0 bridgehead atoms. The van der Waals surface area contributed by atoms with Crippen LogP contribution < -0.4 is 10.5 Å². The number of halogens is 3. The van der Waals surface area contributed by atoms with Gasteiger partial charge in [0, 0.05) is 12.1 Å². The van der Waals surface area contributed by atoms with Gasteiger partial charge in [0.15, 0.2) is 5.75 Å². The van der Waals surface area contributed by atoms with E-state index in [4.69, 9.17) is 10.5 Å². The summed E-state index contributed by atoms with van der Waals surface area (Å²) in [7, 11) is 0. The Bertz CT molecular complexity index is 560. The monoisotopic (exact) mass is 299 g/mol. The number of anilines is 1. The highest BCUT2D eigenvalue weighted by Gasteiger charge is 2.07. The second-order valence-electron chi connectivity index (χ2n) is 3.36. The molecular weight excluding hydrogens is 292 g/mol. The van der Waals surface area contributed by atoms with Crippen molar-refractivity contribution in [3.8, 4) is 11.5 Å².